The molecule has 0 radical (unpaired) electrons. The molecule has 0 unspecified atom stereocenters. The molecule has 0 aromatic heterocycles. The van der Waals surface area contributed by atoms with E-state index in [1.165, 1.54) is 18.2 Å². The molecular weight excluding hydrogens is 307 g/mol. The zero-order chi connectivity index (χ0) is 14.9. The van der Waals surface area contributed by atoms with Crippen molar-refractivity contribution in [3.8, 4) is 0 Å². The fourth-order valence-corrected chi connectivity index (χ4v) is 3.44. The third kappa shape index (κ3) is 3.55. The molecule has 0 amide bonds. The van der Waals surface area contributed by atoms with Gasteiger partial charge >= 0.3 is 15.5 Å². The maximum Gasteiger partial charge on any atom is 0.512 e. The van der Waals surface area contributed by atoms with Crippen molar-refractivity contribution in [1.82, 2.24) is 4.13 Å². The first-order chi connectivity index (χ1) is 8.49. The van der Waals surface area contributed by atoms with Crippen molar-refractivity contribution in [1.29, 1.82) is 0 Å². The van der Waals surface area contributed by atoms with Gasteiger partial charge in [-0.15, -0.1) is 0 Å². The van der Waals surface area contributed by atoms with Crippen LogP contribution < -0.4 is 4.13 Å². The first kappa shape index (κ1) is 15.7. The van der Waals surface area contributed by atoms with Gasteiger partial charge in [0.15, 0.2) is 0 Å². The molecule has 0 atom stereocenters. The summed E-state index contributed by atoms with van der Waals surface area (Å²) in [5.74, 6) is 0. The Morgan fingerprint density at radius 3 is 1.89 bits per heavy atom. The molecule has 0 spiro atoms. The van der Waals surface area contributed by atoms with Gasteiger partial charge in [0.25, 0.3) is 10.0 Å². The Hall–Kier alpha value is -1.39. The molecule has 0 saturated carbocycles. The van der Waals surface area contributed by atoms with Gasteiger partial charge in [-0.2, -0.15) is 13.2 Å². The second-order valence-electron chi connectivity index (χ2n) is 3.31. The van der Waals surface area contributed by atoms with Crippen LogP contribution in [0.5, 0.6) is 0 Å². The van der Waals surface area contributed by atoms with Gasteiger partial charge in [0.05, 0.1) is 4.90 Å². The number of halogens is 3. The van der Waals surface area contributed by atoms with Gasteiger partial charge < -0.3 is 0 Å². The minimum absolute atomic E-state index is 0.526. The Morgan fingerprint density at radius 2 is 1.53 bits per heavy atom. The van der Waals surface area contributed by atoms with Gasteiger partial charge in [0.2, 0.25) is 0 Å². The van der Waals surface area contributed by atoms with E-state index in [9.17, 15) is 30.0 Å². The van der Waals surface area contributed by atoms with Gasteiger partial charge in [-0.25, -0.2) is 16.8 Å². The average molecular weight is 315 g/mol. The van der Waals surface area contributed by atoms with Gasteiger partial charge in [-0.1, -0.05) is 28.9 Å². The second kappa shape index (κ2) is 4.94. The van der Waals surface area contributed by atoms with Crippen LogP contribution in [-0.2, 0) is 20.0 Å². The standard InChI is InChI=1S/C9H8F3NO4S2/c1-2-7-3-5-8(6-4-7)18(14,15)13-19(16,17)9(10,11)12/h2-6,13H,1H2. The van der Waals surface area contributed by atoms with Crippen molar-refractivity contribution in [3.63, 3.8) is 0 Å². The third-order valence-corrected chi connectivity index (χ3v) is 5.21. The van der Waals surface area contributed by atoms with Crippen LogP contribution in [0.2, 0.25) is 0 Å². The largest absolute Gasteiger partial charge is 0.512 e. The summed E-state index contributed by atoms with van der Waals surface area (Å²) < 4.78 is 81.3. The molecule has 19 heavy (non-hydrogen) atoms. The normalized spacial score (nSPS) is 13.2. The summed E-state index contributed by atoms with van der Waals surface area (Å²) in [4.78, 5) is -0.606. The lowest BCUT2D eigenvalue weighted by Gasteiger charge is -2.10. The predicted molar refractivity (Wildman–Crippen MR) is 61.8 cm³/mol. The van der Waals surface area contributed by atoms with E-state index in [-0.39, 0.29) is 0 Å². The smallest absolute Gasteiger partial charge is 0.206 e. The van der Waals surface area contributed by atoms with Gasteiger partial charge in [-0.05, 0) is 17.7 Å². The molecule has 10 heteroatoms. The summed E-state index contributed by atoms with van der Waals surface area (Å²) in [6, 6.07) is 4.46. The second-order valence-corrected chi connectivity index (χ2v) is 6.92. The molecular formula is C9H8F3NO4S2. The molecule has 0 aliphatic rings. The zero-order valence-electron chi connectivity index (χ0n) is 9.18. The highest BCUT2D eigenvalue weighted by Crippen LogP contribution is 2.23. The monoisotopic (exact) mass is 315 g/mol. The minimum Gasteiger partial charge on any atom is -0.206 e. The van der Waals surface area contributed by atoms with E-state index in [0.717, 1.165) is 12.1 Å². The van der Waals surface area contributed by atoms with E-state index in [4.69, 9.17) is 0 Å². The SMILES string of the molecule is C=Cc1ccc(S(=O)(=O)NS(=O)(=O)C(F)(F)F)cc1. The molecule has 106 valence electrons. The van der Waals surface area contributed by atoms with Crippen LogP contribution in [0.4, 0.5) is 13.2 Å². The maximum absolute atomic E-state index is 12.1. The third-order valence-electron chi connectivity index (χ3n) is 1.95. The Kier molecular flexibility index (Phi) is 4.08. The Balaban J connectivity index is 3.15. The van der Waals surface area contributed by atoms with Crippen molar-refractivity contribution in [3.05, 3.63) is 36.4 Å². The fourth-order valence-electron chi connectivity index (χ4n) is 1.02. The lowest BCUT2D eigenvalue weighted by molar-refractivity contribution is -0.0441. The molecule has 1 rings (SSSR count). The highest BCUT2D eigenvalue weighted by Gasteiger charge is 2.48. The maximum atomic E-state index is 12.1. The van der Waals surface area contributed by atoms with Gasteiger partial charge in [0.1, 0.15) is 0 Å². The number of sulfonamides is 2. The molecule has 5 nitrogen and oxygen atoms in total. The van der Waals surface area contributed by atoms with Crippen molar-refractivity contribution in [2.75, 3.05) is 0 Å². The number of rotatable bonds is 4. The van der Waals surface area contributed by atoms with E-state index in [2.05, 4.69) is 6.58 Å². The molecule has 0 heterocycles. The van der Waals surface area contributed by atoms with Crippen LogP contribution in [0.1, 0.15) is 5.56 Å². The molecule has 0 fully saturated rings. The summed E-state index contributed by atoms with van der Waals surface area (Å²) in [5, 5.41) is 0. The summed E-state index contributed by atoms with van der Waals surface area (Å²) in [6.45, 7) is 3.40. The van der Waals surface area contributed by atoms with Crippen LogP contribution in [-0.4, -0.2) is 22.3 Å². The number of hydrogen-bond donors (Lipinski definition) is 1. The zero-order valence-corrected chi connectivity index (χ0v) is 10.8. The highest BCUT2D eigenvalue weighted by atomic mass is 32.3. The average Bonchev–Trinajstić information content (AvgIpc) is 2.26. The van der Waals surface area contributed by atoms with E-state index < -0.39 is 30.5 Å². The fraction of sp³-hybridized carbons (Fsp3) is 0.111. The first-order valence-corrected chi connectivity index (χ1v) is 7.53. The number of hydrogen-bond acceptors (Lipinski definition) is 4. The summed E-state index contributed by atoms with van der Waals surface area (Å²) in [6.07, 6.45) is 1.39. The van der Waals surface area contributed by atoms with E-state index in [1.54, 1.807) is 0 Å². The molecule has 1 aromatic rings. The molecule has 0 aliphatic carbocycles. The quantitative estimate of drug-likeness (QED) is 0.912. The molecule has 1 N–H and O–H groups in total. The van der Waals surface area contributed by atoms with Gasteiger partial charge in [-0.3, -0.25) is 0 Å². The first-order valence-electron chi connectivity index (χ1n) is 4.57. The Bertz CT molecular complexity index is 675. The van der Waals surface area contributed by atoms with Crippen LogP contribution in [0.25, 0.3) is 6.08 Å². The van der Waals surface area contributed by atoms with Crippen LogP contribution in [0.3, 0.4) is 0 Å². The summed E-state index contributed by atoms with van der Waals surface area (Å²) in [5.41, 5.74) is -5.18. The van der Waals surface area contributed by atoms with E-state index in [0.29, 0.717) is 9.69 Å². The Labute approximate surface area is 107 Å². The van der Waals surface area contributed by atoms with Crippen LogP contribution in [0, 0.1) is 0 Å². The number of nitrogens with one attached hydrogen (secondary N) is 1. The van der Waals surface area contributed by atoms with Crippen molar-refractivity contribution < 1.29 is 30.0 Å². The summed E-state index contributed by atoms with van der Waals surface area (Å²) in [7, 11) is -10.8. The molecule has 0 bridgehead atoms. The lowest BCUT2D eigenvalue weighted by Crippen LogP contribution is -2.40. The topological polar surface area (TPSA) is 80.3 Å². The molecule has 1 aromatic carbocycles. The number of benzene rings is 1. The van der Waals surface area contributed by atoms with Crippen molar-refractivity contribution in [2.24, 2.45) is 0 Å². The predicted octanol–water partition coefficient (Wildman–Crippen LogP) is 1.46. The number of alkyl halides is 3. The van der Waals surface area contributed by atoms with E-state index >= 15 is 0 Å². The summed E-state index contributed by atoms with van der Waals surface area (Å²) >= 11 is 0. The van der Waals surface area contributed by atoms with Crippen molar-refractivity contribution in [2.45, 2.75) is 10.4 Å². The lowest BCUT2D eigenvalue weighted by atomic mass is 10.2. The van der Waals surface area contributed by atoms with Crippen LogP contribution >= 0.6 is 0 Å². The van der Waals surface area contributed by atoms with Crippen molar-refractivity contribution >= 4 is 26.1 Å². The van der Waals surface area contributed by atoms with Crippen LogP contribution in [0.15, 0.2) is 35.7 Å². The Morgan fingerprint density at radius 1 is 1.05 bits per heavy atom. The molecule has 0 saturated heterocycles. The highest BCUT2D eigenvalue weighted by molar-refractivity contribution is 8.05. The minimum atomic E-state index is -5.98. The molecule has 0 aliphatic heterocycles. The van der Waals surface area contributed by atoms with Gasteiger partial charge in [0, 0.05) is 0 Å². The van der Waals surface area contributed by atoms with E-state index in [1.807, 2.05) is 0 Å².